The first-order chi connectivity index (χ1) is 4.98. The summed E-state index contributed by atoms with van der Waals surface area (Å²) in [6.07, 6.45) is 2.35. The summed E-state index contributed by atoms with van der Waals surface area (Å²) in [5.41, 5.74) is 0.187. The first kappa shape index (κ1) is 11.0. The number of hydrogen-bond donors (Lipinski definition) is 1. The first-order valence-electron chi connectivity index (χ1n) is 4.06. The van der Waals surface area contributed by atoms with E-state index in [-0.39, 0.29) is 5.54 Å². The summed E-state index contributed by atoms with van der Waals surface area (Å²) in [5, 5.41) is 4.00. The average Bonchev–Trinajstić information content (AvgIpc) is 1.84. The van der Waals surface area contributed by atoms with Gasteiger partial charge in [-0.2, -0.15) is 0 Å². The lowest BCUT2D eigenvalue weighted by atomic mass is 9.99. The van der Waals surface area contributed by atoms with Gasteiger partial charge in [0.05, 0.1) is 0 Å². The van der Waals surface area contributed by atoms with Gasteiger partial charge in [0.2, 0.25) is 0 Å². The van der Waals surface area contributed by atoms with E-state index in [0.29, 0.717) is 11.6 Å². The van der Waals surface area contributed by atoms with Gasteiger partial charge in [-0.25, -0.2) is 0 Å². The molecule has 2 heteroatoms. The third-order valence-electron chi connectivity index (χ3n) is 1.63. The molecule has 0 heterocycles. The molecule has 0 aliphatic carbocycles. The SMILES string of the molecule is C=C(Cl)CNC(C)(C)CCC. The van der Waals surface area contributed by atoms with Crippen molar-refractivity contribution in [3.05, 3.63) is 11.6 Å². The molecule has 66 valence electrons. The highest BCUT2D eigenvalue weighted by molar-refractivity contribution is 6.29. The van der Waals surface area contributed by atoms with E-state index in [9.17, 15) is 0 Å². The van der Waals surface area contributed by atoms with Gasteiger partial charge >= 0.3 is 0 Å². The molecule has 0 atom stereocenters. The van der Waals surface area contributed by atoms with E-state index >= 15 is 0 Å². The summed E-state index contributed by atoms with van der Waals surface area (Å²) in [4.78, 5) is 0. The Morgan fingerprint density at radius 2 is 2.09 bits per heavy atom. The molecule has 0 unspecified atom stereocenters. The van der Waals surface area contributed by atoms with E-state index in [1.165, 1.54) is 6.42 Å². The van der Waals surface area contributed by atoms with Crippen molar-refractivity contribution in [2.45, 2.75) is 39.2 Å². The number of rotatable bonds is 5. The maximum Gasteiger partial charge on any atom is 0.0312 e. The van der Waals surface area contributed by atoms with Crippen molar-refractivity contribution >= 4 is 11.6 Å². The molecule has 0 fully saturated rings. The zero-order valence-corrected chi connectivity index (χ0v) is 8.46. The van der Waals surface area contributed by atoms with Crippen LogP contribution in [0.3, 0.4) is 0 Å². The maximum atomic E-state index is 5.63. The van der Waals surface area contributed by atoms with Gasteiger partial charge in [0.15, 0.2) is 0 Å². The lowest BCUT2D eigenvalue weighted by Crippen LogP contribution is -2.39. The van der Waals surface area contributed by atoms with Gasteiger partial charge in [0.25, 0.3) is 0 Å². The molecule has 0 aliphatic heterocycles. The predicted molar refractivity (Wildman–Crippen MR) is 52.0 cm³/mol. The summed E-state index contributed by atoms with van der Waals surface area (Å²) in [7, 11) is 0. The van der Waals surface area contributed by atoms with Crippen LogP contribution in [0.1, 0.15) is 33.6 Å². The highest BCUT2D eigenvalue weighted by atomic mass is 35.5. The summed E-state index contributed by atoms with van der Waals surface area (Å²) in [6.45, 7) is 10.9. The Balaban J connectivity index is 3.63. The van der Waals surface area contributed by atoms with Crippen molar-refractivity contribution in [1.82, 2.24) is 5.32 Å². The fourth-order valence-corrected chi connectivity index (χ4v) is 1.12. The second kappa shape index (κ2) is 4.78. The molecule has 0 aromatic heterocycles. The first-order valence-corrected chi connectivity index (χ1v) is 4.44. The number of halogens is 1. The largest absolute Gasteiger partial charge is 0.307 e. The highest BCUT2D eigenvalue weighted by Crippen LogP contribution is 2.11. The van der Waals surface area contributed by atoms with Crippen LogP contribution in [0.15, 0.2) is 11.6 Å². The van der Waals surface area contributed by atoms with Gasteiger partial charge in [-0.15, -0.1) is 0 Å². The standard InChI is InChI=1S/C9H18ClN/c1-5-6-9(3,4)11-7-8(2)10/h11H,2,5-7H2,1,3-4H3. The van der Waals surface area contributed by atoms with Crippen LogP contribution in [-0.4, -0.2) is 12.1 Å². The molecule has 0 amide bonds. The van der Waals surface area contributed by atoms with Crippen LogP contribution in [0.25, 0.3) is 0 Å². The molecule has 11 heavy (non-hydrogen) atoms. The average molecular weight is 176 g/mol. The van der Waals surface area contributed by atoms with Crippen molar-refractivity contribution in [3.63, 3.8) is 0 Å². The Morgan fingerprint density at radius 3 is 2.45 bits per heavy atom. The third-order valence-corrected chi connectivity index (χ3v) is 1.77. The Bertz CT molecular complexity index is 130. The van der Waals surface area contributed by atoms with Crippen LogP contribution in [0, 0.1) is 0 Å². The van der Waals surface area contributed by atoms with Gasteiger partial charge in [-0.05, 0) is 20.3 Å². The Morgan fingerprint density at radius 1 is 1.55 bits per heavy atom. The molecule has 0 aliphatic rings. The second-order valence-corrected chi connectivity index (χ2v) is 4.04. The highest BCUT2D eigenvalue weighted by Gasteiger charge is 2.14. The Labute approximate surface area is 74.8 Å². The predicted octanol–water partition coefficient (Wildman–Crippen LogP) is 2.91. The van der Waals surface area contributed by atoms with E-state index in [1.807, 2.05) is 0 Å². The smallest absolute Gasteiger partial charge is 0.0312 e. The number of nitrogens with one attached hydrogen (secondary N) is 1. The molecule has 0 rings (SSSR count). The molecule has 0 spiro atoms. The molecule has 1 N–H and O–H groups in total. The van der Waals surface area contributed by atoms with Gasteiger partial charge in [0.1, 0.15) is 0 Å². The minimum atomic E-state index is 0.187. The van der Waals surface area contributed by atoms with Gasteiger partial charge in [-0.3, -0.25) is 0 Å². The van der Waals surface area contributed by atoms with Crippen molar-refractivity contribution in [2.24, 2.45) is 0 Å². The van der Waals surface area contributed by atoms with Crippen LogP contribution in [0.4, 0.5) is 0 Å². The van der Waals surface area contributed by atoms with Crippen LogP contribution in [-0.2, 0) is 0 Å². The van der Waals surface area contributed by atoms with Crippen molar-refractivity contribution in [1.29, 1.82) is 0 Å². The molecule has 0 saturated heterocycles. The summed E-state index contributed by atoms with van der Waals surface area (Å²) >= 11 is 5.63. The molecule has 0 radical (unpaired) electrons. The topological polar surface area (TPSA) is 12.0 Å². The molecule has 0 bridgehead atoms. The van der Waals surface area contributed by atoms with E-state index < -0.39 is 0 Å². The minimum Gasteiger partial charge on any atom is -0.307 e. The molecule has 1 nitrogen and oxygen atoms in total. The normalized spacial score (nSPS) is 11.6. The maximum absolute atomic E-state index is 5.63. The Hall–Kier alpha value is -0.0100. The lowest BCUT2D eigenvalue weighted by Gasteiger charge is -2.25. The lowest BCUT2D eigenvalue weighted by molar-refractivity contribution is 0.374. The van der Waals surface area contributed by atoms with Crippen LogP contribution < -0.4 is 5.32 Å². The van der Waals surface area contributed by atoms with Gasteiger partial charge < -0.3 is 5.32 Å². The van der Waals surface area contributed by atoms with E-state index in [0.717, 1.165) is 6.42 Å². The second-order valence-electron chi connectivity index (χ2n) is 3.50. The van der Waals surface area contributed by atoms with Crippen molar-refractivity contribution in [2.75, 3.05) is 6.54 Å². The van der Waals surface area contributed by atoms with Crippen LogP contribution in [0.2, 0.25) is 0 Å². The zero-order chi connectivity index (χ0) is 8.91. The van der Waals surface area contributed by atoms with Crippen LogP contribution in [0.5, 0.6) is 0 Å². The summed E-state index contributed by atoms with van der Waals surface area (Å²) < 4.78 is 0. The van der Waals surface area contributed by atoms with Gasteiger partial charge in [0, 0.05) is 17.1 Å². The minimum absolute atomic E-state index is 0.187. The van der Waals surface area contributed by atoms with E-state index in [1.54, 1.807) is 0 Å². The van der Waals surface area contributed by atoms with Gasteiger partial charge in [-0.1, -0.05) is 31.5 Å². The molecule has 0 saturated carbocycles. The van der Waals surface area contributed by atoms with Crippen molar-refractivity contribution < 1.29 is 0 Å². The summed E-state index contributed by atoms with van der Waals surface area (Å²) in [5.74, 6) is 0. The van der Waals surface area contributed by atoms with Crippen LogP contribution >= 0.6 is 11.6 Å². The quantitative estimate of drug-likeness (QED) is 0.678. The molecule has 0 aromatic rings. The van der Waals surface area contributed by atoms with E-state index in [4.69, 9.17) is 11.6 Å². The molecule has 0 aromatic carbocycles. The fraction of sp³-hybridized carbons (Fsp3) is 0.778. The third kappa shape index (κ3) is 6.39. The zero-order valence-electron chi connectivity index (χ0n) is 7.71. The fourth-order valence-electron chi connectivity index (χ4n) is 1.05. The Kier molecular flexibility index (Phi) is 4.78. The molecular weight excluding hydrogens is 158 g/mol. The van der Waals surface area contributed by atoms with E-state index in [2.05, 4.69) is 32.7 Å². The number of hydrogen-bond acceptors (Lipinski definition) is 1. The monoisotopic (exact) mass is 175 g/mol. The molecular formula is C9H18ClN. The van der Waals surface area contributed by atoms with Crippen molar-refractivity contribution in [3.8, 4) is 0 Å². The summed E-state index contributed by atoms with van der Waals surface area (Å²) in [6, 6.07) is 0.